The van der Waals surface area contributed by atoms with Crippen molar-refractivity contribution in [2.75, 3.05) is 6.61 Å². The van der Waals surface area contributed by atoms with Crippen molar-refractivity contribution in [3.63, 3.8) is 0 Å². The van der Waals surface area contributed by atoms with E-state index in [0.29, 0.717) is 13.0 Å². The number of carbonyl (C=O) groups is 1. The number of ether oxygens (including phenoxy) is 1. The van der Waals surface area contributed by atoms with Crippen molar-refractivity contribution in [3.05, 3.63) is 11.9 Å². The summed E-state index contributed by atoms with van der Waals surface area (Å²) in [6.07, 6.45) is 2.21. The van der Waals surface area contributed by atoms with E-state index in [0.717, 1.165) is 5.69 Å². The third-order valence-corrected chi connectivity index (χ3v) is 1.13. The molecule has 0 atom stereocenters. The maximum absolute atomic E-state index is 10.3. The Hall–Kier alpha value is -1.39. The van der Waals surface area contributed by atoms with E-state index in [2.05, 4.69) is 15.4 Å². The van der Waals surface area contributed by atoms with Crippen molar-refractivity contribution in [2.45, 2.75) is 13.3 Å². The molecule has 0 aliphatic carbocycles. The Morgan fingerprint density at radius 3 is 3.18 bits per heavy atom. The average molecular weight is 155 g/mol. The summed E-state index contributed by atoms with van der Waals surface area (Å²) in [6, 6.07) is 0. The van der Waals surface area contributed by atoms with E-state index >= 15 is 0 Å². The minimum absolute atomic E-state index is 0.270. The van der Waals surface area contributed by atoms with Gasteiger partial charge in [0, 0.05) is 13.3 Å². The molecule has 0 aliphatic rings. The summed E-state index contributed by atoms with van der Waals surface area (Å²) >= 11 is 0. The highest BCUT2D eigenvalue weighted by molar-refractivity contribution is 5.65. The van der Waals surface area contributed by atoms with E-state index in [1.54, 1.807) is 6.20 Å². The van der Waals surface area contributed by atoms with Crippen molar-refractivity contribution >= 4 is 5.97 Å². The summed E-state index contributed by atoms with van der Waals surface area (Å²) in [7, 11) is 0. The zero-order valence-electron chi connectivity index (χ0n) is 6.20. The van der Waals surface area contributed by atoms with Gasteiger partial charge in [-0.1, -0.05) is 0 Å². The number of hydrogen-bond donors (Lipinski definition) is 1. The minimum atomic E-state index is -0.270. The number of nitrogens with one attached hydrogen (secondary N) is 1. The molecule has 0 saturated heterocycles. The first kappa shape index (κ1) is 7.71. The fourth-order valence-corrected chi connectivity index (χ4v) is 0.645. The molecule has 0 bridgehead atoms. The van der Waals surface area contributed by atoms with Crippen LogP contribution in [0.15, 0.2) is 6.20 Å². The third-order valence-electron chi connectivity index (χ3n) is 1.13. The lowest BCUT2D eigenvalue weighted by Gasteiger charge is -1.96. The predicted octanol–water partition coefficient (Wildman–Crippen LogP) is -0.0897. The van der Waals surface area contributed by atoms with Crippen LogP contribution in [0.2, 0.25) is 0 Å². The van der Waals surface area contributed by atoms with E-state index in [4.69, 9.17) is 4.74 Å². The summed E-state index contributed by atoms with van der Waals surface area (Å²) in [5, 5.41) is 9.86. The maximum Gasteiger partial charge on any atom is 0.302 e. The van der Waals surface area contributed by atoms with Crippen LogP contribution in [0, 0.1) is 0 Å². The van der Waals surface area contributed by atoms with Gasteiger partial charge in [0.15, 0.2) is 0 Å². The van der Waals surface area contributed by atoms with Crippen LogP contribution < -0.4 is 0 Å². The lowest BCUT2D eigenvalue weighted by Crippen LogP contribution is -2.03. The summed E-state index contributed by atoms with van der Waals surface area (Å²) in [4.78, 5) is 10.3. The molecular weight excluding hydrogens is 146 g/mol. The first-order chi connectivity index (χ1) is 5.29. The van der Waals surface area contributed by atoms with Crippen LogP contribution in [0.4, 0.5) is 0 Å². The van der Waals surface area contributed by atoms with Crippen molar-refractivity contribution in [3.8, 4) is 0 Å². The molecule has 1 rings (SSSR count). The summed E-state index contributed by atoms with van der Waals surface area (Å²) in [5.74, 6) is -0.270. The lowest BCUT2D eigenvalue weighted by molar-refractivity contribution is -0.140. The van der Waals surface area contributed by atoms with Gasteiger partial charge in [-0.3, -0.25) is 4.79 Å². The highest BCUT2D eigenvalue weighted by atomic mass is 16.5. The van der Waals surface area contributed by atoms with Crippen LogP contribution in [0.5, 0.6) is 0 Å². The number of aromatic nitrogens is 3. The topological polar surface area (TPSA) is 67.9 Å². The minimum Gasteiger partial charge on any atom is -0.465 e. The summed E-state index contributed by atoms with van der Waals surface area (Å²) < 4.78 is 4.69. The number of H-pyrrole nitrogens is 1. The molecule has 60 valence electrons. The van der Waals surface area contributed by atoms with Gasteiger partial charge in [-0.2, -0.15) is 15.4 Å². The van der Waals surface area contributed by atoms with Crippen LogP contribution in [0.1, 0.15) is 12.6 Å². The smallest absolute Gasteiger partial charge is 0.302 e. The zero-order chi connectivity index (χ0) is 8.10. The second-order valence-electron chi connectivity index (χ2n) is 2.05. The Kier molecular flexibility index (Phi) is 2.59. The average Bonchev–Trinajstić information content (AvgIpc) is 2.39. The van der Waals surface area contributed by atoms with E-state index in [9.17, 15) is 4.79 Å². The third kappa shape index (κ3) is 2.79. The maximum atomic E-state index is 10.3. The highest BCUT2D eigenvalue weighted by Gasteiger charge is 1.96. The molecule has 5 nitrogen and oxygen atoms in total. The summed E-state index contributed by atoms with van der Waals surface area (Å²) in [6.45, 7) is 1.74. The number of carbonyl (C=O) groups excluding carboxylic acids is 1. The van der Waals surface area contributed by atoms with E-state index in [1.807, 2.05) is 0 Å². The Morgan fingerprint density at radius 2 is 2.64 bits per heavy atom. The molecular formula is C6H9N3O2. The molecule has 5 heteroatoms. The van der Waals surface area contributed by atoms with E-state index in [-0.39, 0.29) is 5.97 Å². The molecule has 1 aromatic rings. The first-order valence-corrected chi connectivity index (χ1v) is 3.27. The lowest BCUT2D eigenvalue weighted by atomic mass is 10.3. The highest BCUT2D eigenvalue weighted by Crippen LogP contribution is 1.90. The predicted molar refractivity (Wildman–Crippen MR) is 36.7 cm³/mol. The fraction of sp³-hybridized carbons (Fsp3) is 0.500. The standard InChI is InChI=1S/C6H9N3O2/c1-5(10)11-3-2-6-4-7-9-8-6/h4H,2-3H2,1H3,(H,7,8,9). The van der Waals surface area contributed by atoms with Gasteiger partial charge >= 0.3 is 5.97 Å². The molecule has 0 aliphatic heterocycles. The molecule has 1 aromatic heterocycles. The number of nitrogens with zero attached hydrogens (tertiary/aromatic N) is 2. The van der Waals surface area contributed by atoms with Crippen LogP contribution >= 0.6 is 0 Å². The Balaban J connectivity index is 2.19. The monoisotopic (exact) mass is 155 g/mol. The molecule has 11 heavy (non-hydrogen) atoms. The Morgan fingerprint density at radius 1 is 1.82 bits per heavy atom. The van der Waals surface area contributed by atoms with Gasteiger partial charge < -0.3 is 4.74 Å². The number of hydrogen-bond acceptors (Lipinski definition) is 4. The molecule has 0 fully saturated rings. The van der Waals surface area contributed by atoms with Crippen LogP contribution in [0.25, 0.3) is 0 Å². The summed E-state index contributed by atoms with van der Waals surface area (Å²) in [5.41, 5.74) is 0.797. The number of esters is 1. The van der Waals surface area contributed by atoms with Gasteiger partial charge in [-0.15, -0.1) is 0 Å². The number of aromatic amines is 1. The SMILES string of the molecule is CC(=O)OCCc1cn[nH]n1. The molecule has 0 spiro atoms. The van der Waals surface area contributed by atoms with Crippen molar-refractivity contribution < 1.29 is 9.53 Å². The largest absolute Gasteiger partial charge is 0.465 e. The van der Waals surface area contributed by atoms with Gasteiger partial charge in [-0.25, -0.2) is 0 Å². The van der Waals surface area contributed by atoms with Gasteiger partial charge in [0.25, 0.3) is 0 Å². The van der Waals surface area contributed by atoms with Crippen LogP contribution in [0.3, 0.4) is 0 Å². The fourth-order valence-electron chi connectivity index (χ4n) is 0.645. The second-order valence-corrected chi connectivity index (χ2v) is 2.05. The van der Waals surface area contributed by atoms with Crippen molar-refractivity contribution in [1.29, 1.82) is 0 Å². The number of rotatable bonds is 3. The van der Waals surface area contributed by atoms with Gasteiger partial charge in [0.1, 0.15) is 0 Å². The Labute approximate surface area is 63.8 Å². The molecule has 0 saturated carbocycles. The molecule has 1 N–H and O–H groups in total. The van der Waals surface area contributed by atoms with E-state index < -0.39 is 0 Å². The van der Waals surface area contributed by atoms with Crippen molar-refractivity contribution in [1.82, 2.24) is 15.4 Å². The van der Waals surface area contributed by atoms with Gasteiger partial charge in [0.2, 0.25) is 0 Å². The second kappa shape index (κ2) is 3.70. The quantitative estimate of drug-likeness (QED) is 0.619. The van der Waals surface area contributed by atoms with Crippen LogP contribution in [-0.4, -0.2) is 28.0 Å². The zero-order valence-corrected chi connectivity index (χ0v) is 6.20. The Bertz CT molecular complexity index is 220. The van der Waals surface area contributed by atoms with E-state index in [1.165, 1.54) is 6.92 Å². The van der Waals surface area contributed by atoms with Gasteiger partial charge in [0.05, 0.1) is 18.5 Å². The molecule has 0 radical (unpaired) electrons. The molecule has 0 amide bonds. The normalized spacial score (nSPS) is 9.55. The van der Waals surface area contributed by atoms with Gasteiger partial charge in [-0.05, 0) is 0 Å². The first-order valence-electron chi connectivity index (χ1n) is 3.27. The molecule has 1 heterocycles. The van der Waals surface area contributed by atoms with Crippen molar-refractivity contribution in [2.24, 2.45) is 0 Å². The van der Waals surface area contributed by atoms with Crippen LogP contribution in [-0.2, 0) is 16.0 Å². The molecule has 0 unspecified atom stereocenters. The molecule has 0 aromatic carbocycles.